The molecule has 0 aliphatic carbocycles. The Balaban J connectivity index is 1.84. The van der Waals surface area contributed by atoms with Crippen LogP contribution in [0.3, 0.4) is 0 Å². The molecule has 8 heteroatoms. The molecule has 142 valence electrons. The molecule has 1 aliphatic rings. The minimum atomic E-state index is -0.213. The zero-order chi connectivity index (χ0) is 19.0. The van der Waals surface area contributed by atoms with Gasteiger partial charge >= 0.3 is 0 Å². The summed E-state index contributed by atoms with van der Waals surface area (Å²) < 4.78 is 7.34. The van der Waals surface area contributed by atoms with Crippen molar-refractivity contribution in [3.8, 4) is 11.6 Å². The van der Waals surface area contributed by atoms with Gasteiger partial charge in [0.2, 0.25) is 10.8 Å². The minimum Gasteiger partial charge on any atom is -0.494 e. The standard InChI is InChI=1S/C19H22N4O3S/c1-3-26-15-7-5-4-6-14(15)16(22-10-8-13(24)9-11-22)17-18(25)23-19(27-17)20-12(2)21-23/h4-7,16,25H,3,8-11H2,1-2H3. The largest absolute Gasteiger partial charge is 0.494 e. The van der Waals surface area contributed by atoms with Gasteiger partial charge in [-0.15, -0.1) is 5.10 Å². The summed E-state index contributed by atoms with van der Waals surface area (Å²) in [5.74, 6) is 1.80. The number of thiazole rings is 1. The van der Waals surface area contributed by atoms with E-state index in [1.165, 1.54) is 15.9 Å². The monoisotopic (exact) mass is 386 g/mol. The van der Waals surface area contributed by atoms with E-state index >= 15 is 0 Å². The number of fused-ring (bicyclic) bond motifs is 1. The lowest BCUT2D eigenvalue weighted by atomic mass is 9.99. The highest BCUT2D eigenvalue weighted by Crippen LogP contribution is 2.43. The Hall–Kier alpha value is -2.45. The fourth-order valence-corrected chi connectivity index (χ4v) is 4.71. The Morgan fingerprint density at radius 2 is 2.04 bits per heavy atom. The summed E-state index contributed by atoms with van der Waals surface area (Å²) >= 11 is 1.43. The van der Waals surface area contributed by atoms with E-state index < -0.39 is 0 Å². The number of para-hydroxylation sites is 1. The summed E-state index contributed by atoms with van der Waals surface area (Å²) in [6.45, 7) is 5.61. The van der Waals surface area contributed by atoms with Gasteiger partial charge in [-0.3, -0.25) is 9.69 Å². The van der Waals surface area contributed by atoms with Gasteiger partial charge in [-0.2, -0.15) is 4.52 Å². The predicted octanol–water partition coefficient (Wildman–Crippen LogP) is 2.96. The first kappa shape index (κ1) is 17.9. The normalized spacial score (nSPS) is 16.7. The highest BCUT2D eigenvalue weighted by Gasteiger charge is 2.33. The lowest BCUT2D eigenvalue weighted by Gasteiger charge is -2.34. The lowest BCUT2D eigenvalue weighted by molar-refractivity contribution is -0.121. The molecule has 1 unspecified atom stereocenters. The smallest absolute Gasteiger partial charge is 0.230 e. The van der Waals surface area contributed by atoms with E-state index in [4.69, 9.17) is 4.74 Å². The van der Waals surface area contributed by atoms with Crippen LogP contribution < -0.4 is 4.74 Å². The fourth-order valence-electron chi connectivity index (χ4n) is 3.55. The van der Waals surface area contributed by atoms with Crippen LogP contribution in [0.2, 0.25) is 0 Å². The van der Waals surface area contributed by atoms with E-state index in [0.717, 1.165) is 16.2 Å². The second-order valence-corrected chi connectivity index (χ2v) is 7.60. The van der Waals surface area contributed by atoms with Gasteiger partial charge in [0.1, 0.15) is 17.4 Å². The van der Waals surface area contributed by atoms with Crippen molar-refractivity contribution in [1.82, 2.24) is 19.5 Å². The van der Waals surface area contributed by atoms with Crippen molar-refractivity contribution < 1.29 is 14.6 Å². The van der Waals surface area contributed by atoms with Crippen molar-refractivity contribution in [1.29, 1.82) is 0 Å². The molecule has 0 amide bonds. The van der Waals surface area contributed by atoms with Gasteiger partial charge in [0.25, 0.3) is 0 Å². The average Bonchev–Trinajstić information content (AvgIpc) is 3.16. The first-order valence-corrected chi connectivity index (χ1v) is 9.92. The van der Waals surface area contributed by atoms with Gasteiger partial charge < -0.3 is 9.84 Å². The number of rotatable bonds is 5. The Morgan fingerprint density at radius 1 is 1.30 bits per heavy atom. The van der Waals surface area contributed by atoms with Crippen LogP contribution in [0, 0.1) is 6.92 Å². The second-order valence-electron chi connectivity index (χ2n) is 6.59. The maximum atomic E-state index is 11.8. The molecule has 27 heavy (non-hydrogen) atoms. The number of carbonyl (C=O) groups is 1. The topological polar surface area (TPSA) is 80.0 Å². The molecule has 2 aromatic heterocycles. The molecule has 0 saturated carbocycles. The molecule has 0 radical (unpaired) electrons. The van der Waals surface area contributed by atoms with Crippen molar-refractivity contribution in [2.45, 2.75) is 32.7 Å². The van der Waals surface area contributed by atoms with Gasteiger partial charge in [-0.25, -0.2) is 4.98 Å². The molecule has 1 saturated heterocycles. The highest BCUT2D eigenvalue weighted by molar-refractivity contribution is 7.17. The zero-order valence-corrected chi connectivity index (χ0v) is 16.2. The second kappa shape index (κ2) is 7.28. The number of aryl methyl sites for hydroxylation is 1. The molecule has 1 aliphatic heterocycles. The number of Topliss-reactive ketones (excluding diaryl/α,β-unsaturated/α-hetero) is 1. The molecule has 1 aromatic carbocycles. The number of carbonyl (C=O) groups excluding carboxylic acids is 1. The first-order valence-electron chi connectivity index (χ1n) is 9.11. The van der Waals surface area contributed by atoms with Gasteiger partial charge in [0.15, 0.2) is 0 Å². The average molecular weight is 386 g/mol. The molecule has 1 atom stereocenters. The molecular weight excluding hydrogens is 364 g/mol. The third-order valence-electron chi connectivity index (χ3n) is 4.79. The first-order chi connectivity index (χ1) is 13.1. The third kappa shape index (κ3) is 3.30. The number of aromatic hydroxyl groups is 1. The van der Waals surface area contributed by atoms with Gasteiger partial charge in [0, 0.05) is 31.5 Å². The van der Waals surface area contributed by atoms with Crippen LogP contribution >= 0.6 is 11.3 Å². The SMILES string of the molecule is CCOc1ccccc1C(c1sc2nc(C)nn2c1O)N1CCC(=O)CC1. The van der Waals surface area contributed by atoms with Crippen molar-refractivity contribution in [2.75, 3.05) is 19.7 Å². The predicted molar refractivity (Wildman–Crippen MR) is 103 cm³/mol. The van der Waals surface area contributed by atoms with E-state index in [9.17, 15) is 9.90 Å². The lowest BCUT2D eigenvalue weighted by Crippen LogP contribution is -2.37. The molecule has 3 heterocycles. The fraction of sp³-hybridized carbons (Fsp3) is 0.421. The summed E-state index contributed by atoms with van der Waals surface area (Å²) in [6.07, 6.45) is 1.04. The van der Waals surface area contributed by atoms with Gasteiger partial charge in [0.05, 0.1) is 17.5 Å². The van der Waals surface area contributed by atoms with Crippen LogP contribution in [0.15, 0.2) is 24.3 Å². The van der Waals surface area contributed by atoms with Gasteiger partial charge in [-0.1, -0.05) is 29.5 Å². The quantitative estimate of drug-likeness (QED) is 0.726. The summed E-state index contributed by atoms with van der Waals surface area (Å²) in [4.78, 5) is 19.8. The zero-order valence-electron chi connectivity index (χ0n) is 15.4. The number of hydrogen-bond donors (Lipinski definition) is 1. The van der Waals surface area contributed by atoms with Crippen molar-refractivity contribution in [3.63, 3.8) is 0 Å². The highest BCUT2D eigenvalue weighted by atomic mass is 32.1. The summed E-state index contributed by atoms with van der Waals surface area (Å²) in [6, 6.07) is 7.66. The van der Waals surface area contributed by atoms with Crippen molar-refractivity contribution in [3.05, 3.63) is 40.5 Å². The van der Waals surface area contributed by atoms with E-state index in [2.05, 4.69) is 15.0 Å². The molecule has 7 nitrogen and oxygen atoms in total. The Bertz CT molecular complexity index is 971. The number of ether oxygens (including phenoxy) is 1. The molecule has 1 N–H and O–H groups in total. The Morgan fingerprint density at radius 3 is 2.74 bits per heavy atom. The van der Waals surface area contributed by atoms with Crippen LogP contribution in [-0.2, 0) is 4.79 Å². The number of benzene rings is 1. The number of aromatic nitrogens is 3. The molecule has 0 spiro atoms. The molecule has 0 bridgehead atoms. The molecule has 4 rings (SSSR count). The van der Waals surface area contributed by atoms with Crippen molar-refractivity contribution >= 4 is 22.1 Å². The van der Waals surface area contributed by atoms with Crippen LogP contribution in [0.4, 0.5) is 0 Å². The summed E-state index contributed by atoms with van der Waals surface area (Å²) in [5.41, 5.74) is 0.977. The molecule has 3 aromatic rings. The number of piperidine rings is 1. The third-order valence-corrected chi connectivity index (χ3v) is 5.86. The maximum Gasteiger partial charge on any atom is 0.230 e. The number of likely N-dealkylation sites (tertiary alicyclic amines) is 1. The molecular formula is C19H22N4O3S. The Kier molecular flexibility index (Phi) is 4.84. The van der Waals surface area contributed by atoms with Gasteiger partial charge in [-0.05, 0) is 19.9 Å². The van der Waals surface area contributed by atoms with Crippen LogP contribution in [-0.4, -0.2) is 50.1 Å². The number of hydrogen-bond acceptors (Lipinski definition) is 7. The van der Waals surface area contributed by atoms with Crippen LogP contribution in [0.5, 0.6) is 11.6 Å². The van der Waals surface area contributed by atoms with E-state index in [-0.39, 0.29) is 17.7 Å². The summed E-state index contributed by atoms with van der Waals surface area (Å²) in [7, 11) is 0. The molecule has 1 fully saturated rings. The van der Waals surface area contributed by atoms with E-state index in [1.54, 1.807) is 6.92 Å². The van der Waals surface area contributed by atoms with Crippen LogP contribution in [0.25, 0.3) is 4.96 Å². The number of nitrogens with zero attached hydrogens (tertiary/aromatic N) is 4. The van der Waals surface area contributed by atoms with E-state index in [1.807, 2.05) is 31.2 Å². The van der Waals surface area contributed by atoms with Crippen molar-refractivity contribution in [2.24, 2.45) is 0 Å². The van der Waals surface area contributed by atoms with E-state index in [0.29, 0.717) is 43.3 Å². The maximum absolute atomic E-state index is 11.8. The number of ketones is 1. The minimum absolute atomic E-state index is 0.101. The summed E-state index contributed by atoms with van der Waals surface area (Å²) in [5, 5.41) is 15.2. The Labute approximate surface area is 161 Å². The van der Waals surface area contributed by atoms with Crippen LogP contribution in [0.1, 0.15) is 42.1 Å².